The lowest BCUT2D eigenvalue weighted by atomic mass is 9.95. The van der Waals surface area contributed by atoms with Crippen LogP contribution in [0.3, 0.4) is 0 Å². The molecule has 40 heavy (non-hydrogen) atoms. The number of pyridine rings is 1. The molecule has 0 aliphatic heterocycles. The van der Waals surface area contributed by atoms with Gasteiger partial charge < -0.3 is 10.2 Å². The molecule has 2 aromatic heterocycles. The number of carbonyl (C=O) groups is 1. The summed E-state index contributed by atoms with van der Waals surface area (Å²) < 4.78 is 0. The van der Waals surface area contributed by atoms with E-state index in [4.69, 9.17) is 4.98 Å². The summed E-state index contributed by atoms with van der Waals surface area (Å²) in [4.78, 5) is 21.1. The Morgan fingerprint density at radius 3 is 2.30 bits per heavy atom. The van der Waals surface area contributed by atoms with Crippen LogP contribution in [0.25, 0.3) is 22.6 Å². The molecular weight excluding hydrogens is 498 g/mol. The molecule has 0 radical (unpaired) electrons. The Balaban J connectivity index is 1.42. The van der Waals surface area contributed by atoms with Crippen LogP contribution >= 0.6 is 0 Å². The van der Waals surface area contributed by atoms with E-state index in [9.17, 15) is 4.79 Å². The lowest BCUT2D eigenvalue weighted by Gasteiger charge is -2.25. The second kappa shape index (κ2) is 11.1. The van der Waals surface area contributed by atoms with Gasteiger partial charge in [0.25, 0.3) is 0 Å². The van der Waals surface area contributed by atoms with E-state index in [0.29, 0.717) is 18.1 Å². The summed E-state index contributed by atoms with van der Waals surface area (Å²) in [6.45, 7) is 3.69. The van der Waals surface area contributed by atoms with Crippen molar-refractivity contribution in [2.24, 2.45) is 0 Å². The van der Waals surface area contributed by atoms with Gasteiger partial charge >= 0.3 is 0 Å². The van der Waals surface area contributed by atoms with Crippen LogP contribution < -0.4 is 10.2 Å². The van der Waals surface area contributed by atoms with Gasteiger partial charge in [0.1, 0.15) is 5.82 Å². The topological polar surface area (TPSA) is 99.7 Å². The van der Waals surface area contributed by atoms with Crippen molar-refractivity contribution >= 4 is 17.4 Å². The van der Waals surface area contributed by atoms with Gasteiger partial charge in [-0.3, -0.25) is 4.79 Å². The van der Waals surface area contributed by atoms with Gasteiger partial charge in [-0.05, 0) is 41.7 Å². The number of rotatable bonds is 10. The first kappa shape index (κ1) is 25.4. The summed E-state index contributed by atoms with van der Waals surface area (Å²) in [5, 5.41) is 18.0. The summed E-state index contributed by atoms with van der Waals surface area (Å²) in [7, 11) is 0. The first-order chi connectivity index (χ1) is 19.7. The maximum Gasteiger partial charge on any atom is 0.235 e. The molecule has 3 aromatic carbocycles. The number of nitrogens with zero attached hydrogens (tertiary/aromatic N) is 5. The molecule has 2 N–H and O–H groups in total. The van der Waals surface area contributed by atoms with Gasteiger partial charge in [-0.1, -0.05) is 91.9 Å². The minimum Gasteiger partial charge on any atom is -0.352 e. The number of nitrogens with one attached hydrogen (secondary N) is 2. The number of H-pyrrole nitrogens is 1. The summed E-state index contributed by atoms with van der Waals surface area (Å²) >= 11 is 0. The molecule has 0 bridgehead atoms. The Labute approximate surface area is 233 Å². The number of aromatic nitrogens is 5. The maximum absolute atomic E-state index is 13.7. The number of hydrogen-bond acceptors (Lipinski definition) is 6. The van der Waals surface area contributed by atoms with Crippen LogP contribution in [-0.4, -0.2) is 38.1 Å². The first-order valence-electron chi connectivity index (χ1n) is 13.7. The van der Waals surface area contributed by atoms with E-state index < -0.39 is 5.41 Å². The normalized spacial score (nSPS) is 13.5. The summed E-state index contributed by atoms with van der Waals surface area (Å²) in [6, 6.07) is 32.2. The molecule has 2 heterocycles. The van der Waals surface area contributed by atoms with Crippen LogP contribution in [0.15, 0.2) is 97.1 Å². The van der Waals surface area contributed by atoms with Gasteiger partial charge in [-0.15, -0.1) is 10.2 Å². The molecule has 0 saturated heterocycles. The Kier molecular flexibility index (Phi) is 7.06. The van der Waals surface area contributed by atoms with E-state index in [1.807, 2.05) is 72.8 Å². The molecule has 8 heteroatoms. The molecule has 200 valence electrons. The summed E-state index contributed by atoms with van der Waals surface area (Å²) in [5.41, 5.74) is 4.88. The fraction of sp³-hybridized carbons (Fsp3) is 0.219. The molecular formula is C32H31N7O. The molecule has 6 rings (SSSR count). The van der Waals surface area contributed by atoms with E-state index in [2.05, 4.69) is 62.0 Å². The Morgan fingerprint density at radius 2 is 1.62 bits per heavy atom. The fourth-order valence-corrected chi connectivity index (χ4v) is 5.19. The van der Waals surface area contributed by atoms with Crippen molar-refractivity contribution in [2.45, 2.75) is 38.1 Å². The minimum atomic E-state index is -0.486. The number of hydrogen-bond donors (Lipinski definition) is 2. The van der Waals surface area contributed by atoms with E-state index in [-0.39, 0.29) is 5.91 Å². The van der Waals surface area contributed by atoms with E-state index in [1.165, 1.54) is 5.56 Å². The molecule has 8 nitrogen and oxygen atoms in total. The second-order valence-electron chi connectivity index (χ2n) is 10.2. The van der Waals surface area contributed by atoms with Gasteiger partial charge in [0.2, 0.25) is 11.7 Å². The average molecular weight is 530 g/mol. The molecule has 5 aromatic rings. The van der Waals surface area contributed by atoms with E-state index in [0.717, 1.165) is 54.0 Å². The van der Waals surface area contributed by atoms with Crippen LogP contribution in [0.2, 0.25) is 0 Å². The number of amides is 1. The van der Waals surface area contributed by atoms with Crippen molar-refractivity contribution < 1.29 is 4.79 Å². The highest BCUT2D eigenvalue weighted by molar-refractivity contribution is 6.02. The minimum absolute atomic E-state index is 0.0124. The third-order valence-electron chi connectivity index (χ3n) is 7.40. The molecule has 0 spiro atoms. The molecule has 0 unspecified atom stereocenters. The third-order valence-corrected chi connectivity index (χ3v) is 7.40. The van der Waals surface area contributed by atoms with Crippen LogP contribution in [-0.2, 0) is 16.8 Å². The lowest BCUT2D eigenvalue weighted by molar-refractivity contribution is -0.118. The zero-order valence-corrected chi connectivity index (χ0v) is 22.4. The lowest BCUT2D eigenvalue weighted by Crippen LogP contribution is -2.28. The standard InChI is InChI=1S/C32H31N7O/c1-2-19-39(22-23-11-5-3-6-12-23)29-21-25(33-31(40)32(17-18-32)24-13-7-4-8-14-24)20-28(34-29)26-15-9-10-16-27(26)30-35-37-38-36-30/h3-16,20-21H,2,17-19,22H2,1H3,(H,33,34,40)(H,35,36,37,38). The Bertz CT molecular complexity index is 1580. The van der Waals surface area contributed by atoms with Gasteiger partial charge in [0, 0.05) is 36.0 Å². The van der Waals surface area contributed by atoms with Gasteiger partial charge in [0.15, 0.2) is 0 Å². The average Bonchev–Trinajstić information content (AvgIpc) is 3.64. The highest BCUT2D eigenvalue weighted by Crippen LogP contribution is 2.49. The zero-order valence-electron chi connectivity index (χ0n) is 22.4. The van der Waals surface area contributed by atoms with Crippen molar-refractivity contribution in [1.29, 1.82) is 0 Å². The Morgan fingerprint density at radius 1 is 0.925 bits per heavy atom. The van der Waals surface area contributed by atoms with Gasteiger partial charge in [-0.25, -0.2) is 4.98 Å². The molecule has 0 atom stereocenters. The predicted molar refractivity (Wildman–Crippen MR) is 157 cm³/mol. The second-order valence-corrected chi connectivity index (χ2v) is 10.2. The van der Waals surface area contributed by atoms with Gasteiger partial charge in [0.05, 0.1) is 11.1 Å². The zero-order chi connectivity index (χ0) is 27.4. The molecule has 1 saturated carbocycles. The number of benzene rings is 3. The van der Waals surface area contributed by atoms with E-state index in [1.54, 1.807) is 0 Å². The van der Waals surface area contributed by atoms with Crippen molar-refractivity contribution in [3.63, 3.8) is 0 Å². The smallest absolute Gasteiger partial charge is 0.235 e. The number of aromatic amines is 1. The van der Waals surface area contributed by atoms with Crippen LogP contribution in [0.1, 0.15) is 37.3 Å². The van der Waals surface area contributed by atoms with Crippen LogP contribution in [0, 0.1) is 0 Å². The molecule has 1 aliphatic carbocycles. The SMILES string of the molecule is CCCN(Cc1ccccc1)c1cc(NC(=O)C2(c3ccccc3)CC2)cc(-c2ccccc2-c2nn[nH]n2)n1. The molecule has 1 amide bonds. The largest absolute Gasteiger partial charge is 0.352 e. The number of anilines is 2. The van der Waals surface area contributed by atoms with Crippen molar-refractivity contribution in [2.75, 3.05) is 16.8 Å². The Hall–Kier alpha value is -4.85. The highest BCUT2D eigenvalue weighted by Gasteiger charge is 2.51. The summed E-state index contributed by atoms with van der Waals surface area (Å²) in [5.74, 6) is 1.30. The highest BCUT2D eigenvalue weighted by atomic mass is 16.2. The quantitative estimate of drug-likeness (QED) is 0.230. The fourth-order valence-electron chi connectivity index (χ4n) is 5.19. The van der Waals surface area contributed by atoms with E-state index >= 15 is 0 Å². The monoisotopic (exact) mass is 529 g/mol. The summed E-state index contributed by atoms with van der Waals surface area (Å²) in [6.07, 6.45) is 2.63. The van der Waals surface area contributed by atoms with Crippen molar-refractivity contribution in [1.82, 2.24) is 25.6 Å². The number of carbonyl (C=O) groups excluding carboxylic acids is 1. The first-order valence-corrected chi connectivity index (χ1v) is 13.7. The van der Waals surface area contributed by atoms with Crippen molar-refractivity contribution in [3.05, 3.63) is 108 Å². The molecule has 1 fully saturated rings. The van der Waals surface area contributed by atoms with Crippen LogP contribution in [0.5, 0.6) is 0 Å². The van der Waals surface area contributed by atoms with Crippen LogP contribution in [0.4, 0.5) is 11.5 Å². The van der Waals surface area contributed by atoms with Crippen molar-refractivity contribution in [3.8, 4) is 22.6 Å². The number of tetrazole rings is 1. The maximum atomic E-state index is 13.7. The predicted octanol–water partition coefficient (Wildman–Crippen LogP) is 6.02. The molecule has 1 aliphatic rings. The van der Waals surface area contributed by atoms with Gasteiger partial charge in [-0.2, -0.15) is 5.21 Å². The third kappa shape index (κ3) is 5.20.